The lowest BCUT2D eigenvalue weighted by atomic mass is 9.72. The highest BCUT2D eigenvalue weighted by atomic mass is 16.3. The van der Waals surface area contributed by atoms with Gasteiger partial charge in [0.25, 0.3) is 5.91 Å². The quantitative estimate of drug-likeness (QED) is 0.471. The minimum atomic E-state index is -1.20. The molecule has 0 bridgehead atoms. The van der Waals surface area contributed by atoms with E-state index in [9.17, 15) is 24.3 Å². The van der Waals surface area contributed by atoms with E-state index in [1.807, 2.05) is 44.2 Å². The van der Waals surface area contributed by atoms with E-state index in [1.165, 1.54) is 16.7 Å². The fraction of sp³-hybridized carbons (Fsp3) is 0.615. The molecule has 4 amide bonds. The Hall–Kier alpha value is -2.82. The first-order valence-corrected chi connectivity index (χ1v) is 12.8. The van der Waals surface area contributed by atoms with Crippen LogP contribution in [0.5, 0.6) is 0 Å². The molecule has 6 unspecified atom stereocenters. The number of carbonyl (C=O) groups is 4. The van der Waals surface area contributed by atoms with Crippen LogP contribution in [0, 0.1) is 5.92 Å². The summed E-state index contributed by atoms with van der Waals surface area (Å²) >= 11 is 0. The van der Waals surface area contributed by atoms with Crippen LogP contribution in [0.25, 0.3) is 0 Å². The summed E-state index contributed by atoms with van der Waals surface area (Å²) in [6.07, 6.45) is 1.06. The molecule has 1 spiro atoms. The standard InChI is InChI=1S/C26H37N5O5/c1-15(2)19(27)24(35)31-21(17-9-5-4-6-10-17)26(25(31)36)12-8-14-30(26)22(33)18-11-7-13-29(18)23(34)20(28)16(3)32/h4-6,9-10,15-16,18-21,32H,7-8,11-14,27-28H2,1-3H3. The third kappa shape index (κ3) is 4.01. The zero-order valence-electron chi connectivity index (χ0n) is 21.2. The number of aliphatic hydroxyl groups is 1. The molecule has 0 aromatic heterocycles. The molecule has 6 atom stereocenters. The Morgan fingerprint density at radius 3 is 2.28 bits per heavy atom. The maximum Gasteiger partial charge on any atom is 0.258 e. The number of nitrogens with zero attached hydrogens (tertiary/aromatic N) is 3. The van der Waals surface area contributed by atoms with Crippen LogP contribution in [0.1, 0.15) is 58.1 Å². The van der Waals surface area contributed by atoms with Crippen LogP contribution in [-0.4, -0.2) is 86.3 Å². The molecule has 3 fully saturated rings. The van der Waals surface area contributed by atoms with Crippen molar-refractivity contribution >= 4 is 23.6 Å². The lowest BCUT2D eigenvalue weighted by Crippen LogP contribution is -2.77. The molecule has 1 aromatic carbocycles. The summed E-state index contributed by atoms with van der Waals surface area (Å²) in [5.41, 5.74) is 11.6. The summed E-state index contributed by atoms with van der Waals surface area (Å²) in [6.45, 7) is 5.81. The van der Waals surface area contributed by atoms with Crippen molar-refractivity contribution in [3.63, 3.8) is 0 Å². The van der Waals surface area contributed by atoms with E-state index in [-0.39, 0.29) is 11.8 Å². The average Bonchev–Trinajstić information content (AvgIpc) is 3.54. The Bertz CT molecular complexity index is 1030. The second kappa shape index (κ2) is 9.91. The normalized spacial score (nSPS) is 28.4. The van der Waals surface area contributed by atoms with E-state index in [0.717, 1.165) is 5.56 Å². The second-order valence-electron chi connectivity index (χ2n) is 10.6. The zero-order chi connectivity index (χ0) is 26.4. The predicted molar refractivity (Wildman–Crippen MR) is 132 cm³/mol. The first-order chi connectivity index (χ1) is 17.0. The number of β-lactam (4-membered cyclic amide) rings is 1. The molecule has 3 saturated heterocycles. The maximum atomic E-state index is 14.0. The monoisotopic (exact) mass is 499 g/mol. The molecule has 36 heavy (non-hydrogen) atoms. The number of aliphatic hydroxyl groups excluding tert-OH is 1. The molecule has 3 heterocycles. The molecular formula is C26H37N5O5. The highest BCUT2D eigenvalue weighted by molar-refractivity contribution is 6.10. The van der Waals surface area contributed by atoms with Gasteiger partial charge in [0.1, 0.15) is 17.6 Å². The van der Waals surface area contributed by atoms with Gasteiger partial charge >= 0.3 is 0 Å². The highest BCUT2D eigenvalue weighted by Gasteiger charge is 2.69. The molecule has 196 valence electrons. The SMILES string of the molecule is CC(C)C(N)C(=O)N1C(=O)C2(CCCN2C(=O)C2CCCN2C(=O)C(N)C(C)O)C1c1ccccc1. The van der Waals surface area contributed by atoms with Crippen molar-refractivity contribution < 1.29 is 24.3 Å². The van der Waals surface area contributed by atoms with Crippen molar-refractivity contribution in [2.24, 2.45) is 17.4 Å². The van der Waals surface area contributed by atoms with E-state index in [0.29, 0.717) is 38.8 Å². The van der Waals surface area contributed by atoms with Crippen LogP contribution < -0.4 is 11.5 Å². The fourth-order valence-electron chi connectivity index (χ4n) is 5.84. The van der Waals surface area contributed by atoms with Crippen molar-refractivity contribution in [2.75, 3.05) is 13.1 Å². The number of hydrogen-bond donors (Lipinski definition) is 3. The molecule has 3 aliphatic rings. The van der Waals surface area contributed by atoms with Crippen LogP contribution in [0.4, 0.5) is 0 Å². The lowest BCUT2D eigenvalue weighted by molar-refractivity contribution is -0.187. The third-order valence-electron chi connectivity index (χ3n) is 7.97. The number of amides is 4. The lowest BCUT2D eigenvalue weighted by Gasteiger charge is -2.57. The van der Waals surface area contributed by atoms with Crippen LogP contribution >= 0.6 is 0 Å². The highest BCUT2D eigenvalue weighted by Crippen LogP contribution is 2.53. The van der Waals surface area contributed by atoms with Crippen LogP contribution in [-0.2, 0) is 19.2 Å². The zero-order valence-corrected chi connectivity index (χ0v) is 21.2. The van der Waals surface area contributed by atoms with E-state index in [2.05, 4.69) is 0 Å². The Morgan fingerprint density at radius 2 is 1.67 bits per heavy atom. The molecular weight excluding hydrogens is 462 g/mol. The van der Waals surface area contributed by atoms with Gasteiger partial charge in [-0.15, -0.1) is 0 Å². The van der Waals surface area contributed by atoms with Crippen molar-refractivity contribution in [3.8, 4) is 0 Å². The van der Waals surface area contributed by atoms with Gasteiger partial charge < -0.3 is 26.4 Å². The number of imide groups is 1. The number of likely N-dealkylation sites (tertiary alicyclic amines) is 3. The van der Waals surface area contributed by atoms with Crippen LogP contribution in [0.3, 0.4) is 0 Å². The number of nitrogens with two attached hydrogens (primary N) is 2. The summed E-state index contributed by atoms with van der Waals surface area (Å²) in [5.74, 6) is -1.82. The van der Waals surface area contributed by atoms with Gasteiger partial charge in [0, 0.05) is 13.1 Å². The van der Waals surface area contributed by atoms with E-state index in [4.69, 9.17) is 11.5 Å². The molecule has 1 aromatic rings. The number of carbonyl (C=O) groups excluding carboxylic acids is 4. The van der Waals surface area contributed by atoms with Crippen molar-refractivity contribution in [1.29, 1.82) is 0 Å². The van der Waals surface area contributed by atoms with E-state index < -0.39 is 53.5 Å². The second-order valence-corrected chi connectivity index (χ2v) is 10.6. The van der Waals surface area contributed by atoms with Gasteiger partial charge in [-0.3, -0.25) is 24.1 Å². The average molecular weight is 500 g/mol. The first kappa shape index (κ1) is 26.2. The number of hydrogen-bond acceptors (Lipinski definition) is 7. The molecule has 10 nitrogen and oxygen atoms in total. The van der Waals surface area contributed by atoms with Gasteiger partial charge in [-0.25, -0.2) is 0 Å². The Kier molecular flexibility index (Phi) is 7.23. The summed E-state index contributed by atoms with van der Waals surface area (Å²) in [5, 5.41) is 9.82. The van der Waals surface area contributed by atoms with Gasteiger partial charge in [-0.05, 0) is 44.1 Å². The number of rotatable bonds is 6. The predicted octanol–water partition coefficient (Wildman–Crippen LogP) is 0.140. The van der Waals surface area contributed by atoms with Gasteiger partial charge in [-0.1, -0.05) is 44.2 Å². The summed E-state index contributed by atoms with van der Waals surface area (Å²) in [4.78, 5) is 58.2. The molecule has 10 heteroatoms. The number of benzene rings is 1. The smallest absolute Gasteiger partial charge is 0.258 e. The molecule has 5 N–H and O–H groups in total. The molecule has 0 saturated carbocycles. The van der Waals surface area contributed by atoms with Crippen LogP contribution in [0.2, 0.25) is 0 Å². The summed E-state index contributed by atoms with van der Waals surface area (Å²) in [6, 6.07) is 5.87. The Morgan fingerprint density at radius 1 is 1.00 bits per heavy atom. The van der Waals surface area contributed by atoms with Crippen LogP contribution in [0.15, 0.2) is 30.3 Å². The van der Waals surface area contributed by atoms with Gasteiger partial charge in [0.2, 0.25) is 17.7 Å². The maximum absolute atomic E-state index is 14.0. The Balaban J connectivity index is 1.68. The first-order valence-electron chi connectivity index (χ1n) is 12.8. The summed E-state index contributed by atoms with van der Waals surface area (Å²) < 4.78 is 0. The summed E-state index contributed by atoms with van der Waals surface area (Å²) in [7, 11) is 0. The topological polar surface area (TPSA) is 150 Å². The minimum Gasteiger partial charge on any atom is -0.391 e. The van der Waals surface area contributed by atoms with Crippen molar-refractivity contribution in [1.82, 2.24) is 14.7 Å². The molecule has 4 rings (SSSR count). The Labute approximate surface area is 211 Å². The van der Waals surface area contributed by atoms with E-state index in [1.54, 1.807) is 4.90 Å². The molecule has 3 aliphatic heterocycles. The van der Waals surface area contributed by atoms with Gasteiger partial charge in [0.05, 0.1) is 18.2 Å². The minimum absolute atomic E-state index is 0.157. The van der Waals surface area contributed by atoms with E-state index >= 15 is 0 Å². The van der Waals surface area contributed by atoms with Gasteiger partial charge in [-0.2, -0.15) is 0 Å². The molecule has 0 radical (unpaired) electrons. The largest absolute Gasteiger partial charge is 0.391 e. The van der Waals surface area contributed by atoms with Crippen molar-refractivity contribution in [2.45, 2.75) is 82.3 Å². The molecule has 0 aliphatic carbocycles. The van der Waals surface area contributed by atoms with Gasteiger partial charge in [0.15, 0.2) is 0 Å². The third-order valence-corrected chi connectivity index (χ3v) is 7.97. The van der Waals surface area contributed by atoms with Crippen molar-refractivity contribution in [3.05, 3.63) is 35.9 Å². The fourth-order valence-corrected chi connectivity index (χ4v) is 5.84.